The molecule has 31 heavy (non-hydrogen) atoms. The van der Waals surface area contributed by atoms with Crippen LogP contribution in [0.3, 0.4) is 0 Å². The molecule has 3 rings (SSSR count). The molecule has 10 heteroatoms. The number of carbonyl (C=O) groups is 2. The van der Waals surface area contributed by atoms with Gasteiger partial charge in [-0.1, -0.05) is 35.7 Å². The van der Waals surface area contributed by atoms with Gasteiger partial charge < -0.3 is 10.1 Å². The molecule has 1 heterocycles. The van der Waals surface area contributed by atoms with Crippen molar-refractivity contribution in [2.24, 2.45) is 0 Å². The van der Waals surface area contributed by atoms with Gasteiger partial charge in [0, 0.05) is 18.1 Å². The fourth-order valence-corrected chi connectivity index (χ4v) is 5.05. The van der Waals surface area contributed by atoms with Crippen molar-refractivity contribution in [3.8, 4) is 0 Å². The van der Waals surface area contributed by atoms with Gasteiger partial charge in [0.1, 0.15) is 0 Å². The Balaban J connectivity index is 1.69. The normalized spacial score (nSPS) is 15.8. The number of piperidine rings is 1. The Morgan fingerprint density at radius 1 is 1.06 bits per heavy atom. The van der Waals surface area contributed by atoms with E-state index >= 15 is 0 Å². The van der Waals surface area contributed by atoms with Crippen molar-refractivity contribution in [2.45, 2.75) is 37.2 Å². The topological polar surface area (TPSA) is 92.8 Å². The van der Waals surface area contributed by atoms with E-state index in [1.807, 2.05) is 0 Å². The molecule has 0 radical (unpaired) electrons. The second-order valence-corrected chi connectivity index (χ2v) is 9.94. The number of carbonyl (C=O) groups excluding carboxylic acids is 2. The van der Waals surface area contributed by atoms with E-state index in [0.717, 1.165) is 19.3 Å². The summed E-state index contributed by atoms with van der Waals surface area (Å²) in [5.74, 6) is -1.41. The van der Waals surface area contributed by atoms with Crippen LogP contribution in [0.15, 0.2) is 47.4 Å². The monoisotopic (exact) mass is 484 g/mol. The molecule has 1 aliphatic rings. The highest BCUT2D eigenvalue weighted by Crippen LogP contribution is 2.26. The number of esters is 1. The second-order valence-electron chi connectivity index (χ2n) is 7.15. The fraction of sp³-hybridized carbons (Fsp3) is 0.333. The average Bonchev–Trinajstić information content (AvgIpc) is 2.76. The van der Waals surface area contributed by atoms with Gasteiger partial charge in [-0.05, 0) is 56.2 Å². The van der Waals surface area contributed by atoms with E-state index in [-0.39, 0.29) is 21.2 Å². The van der Waals surface area contributed by atoms with Crippen molar-refractivity contribution in [2.75, 3.05) is 18.4 Å². The Bertz CT molecular complexity index is 1080. The third-order valence-corrected chi connectivity index (χ3v) is 7.32. The molecule has 0 bridgehead atoms. The molecule has 2 aromatic carbocycles. The number of benzene rings is 2. The maximum absolute atomic E-state index is 12.8. The molecule has 1 fully saturated rings. The molecule has 0 spiro atoms. The van der Waals surface area contributed by atoms with Crippen LogP contribution in [0.2, 0.25) is 10.0 Å². The summed E-state index contributed by atoms with van der Waals surface area (Å²) in [6.45, 7) is 2.32. The van der Waals surface area contributed by atoms with Gasteiger partial charge in [-0.15, -0.1) is 0 Å². The summed E-state index contributed by atoms with van der Waals surface area (Å²) >= 11 is 11.9. The van der Waals surface area contributed by atoms with Crippen LogP contribution in [-0.4, -0.2) is 43.8 Å². The van der Waals surface area contributed by atoms with Gasteiger partial charge in [0.2, 0.25) is 10.0 Å². The zero-order valence-corrected chi connectivity index (χ0v) is 19.1. The predicted molar refractivity (Wildman–Crippen MR) is 119 cm³/mol. The van der Waals surface area contributed by atoms with Crippen molar-refractivity contribution in [1.29, 1.82) is 0 Å². The van der Waals surface area contributed by atoms with Crippen LogP contribution in [-0.2, 0) is 19.6 Å². The van der Waals surface area contributed by atoms with E-state index < -0.39 is 28.0 Å². The highest BCUT2D eigenvalue weighted by atomic mass is 35.5. The average molecular weight is 485 g/mol. The van der Waals surface area contributed by atoms with Crippen LogP contribution in [0.1, 0.15) is 36.5 Å². The largest absolute Gasteiger partial charge is 0.449 e. The van der Waals surface area contributed by atoms with Gasteiger partial charge in [0.05, 0.1) is 21.2 Å². The molecule has 7 nitrogen and oxygen atoms in total. The summed E-state index contributed by atoms with van der Waals surface area (Å²) in [6.07, 6.45) is 1.47. The first kappa shape index (κ1) is 23.5. The summed E-state index contributed by atoms with van der Waals surface area (Å²) < 4.78 is 32.3. The minimum atomic E-state index is -3.69. The van der Waals surface area contributed by atoms with E-state index in [1.165, 1.54) is 47.6 Å². The number of anilines is 1. The maximum Gasteiger partial charge on any atom is 0.338 e. The van der Waals surface area contributed by atoms with Gasteiger partial charge in [0.15, 0.2) is 6.10 Å². The molecule has 0 aromatic heterocycles. The van der Waals surface area contributed by atoms with E-state index in [9.17, 15) is 18.0 Å². The van der Waals surface area contributed by atoms with Crippen LogP contribution < -0.4 is 5.32 Å². The molecule has 0 aliphatic carbocycles. The smallest absolute Gasteiger partial charge is 0.338 e. The predicted octanol–water partition coefficient (Wildman–Crippen LogP) is 4.35. The van der Waals surface area contributed by atoms with E-state index in [4.69, 9.17) is 27.9 Å². The zero-order chi connectivity index (χ0) is 22.6. The van der Waals surface area contributed by atoms with E-state index in [1.54, 1.807) is 6.07 Å². The van der Waals surface area contributed by atoms with Gasteiger partial charge in [0.25, 0.3) is 5.91 Å². The van der Waals surface area contributed by atoms with Crippen molar-refractivity contribution in [1.82, 2.24) is 4.31 Å². The van der Waals surface area contributed by atoms with Crippen LogP contribution in [0.4, 0.5) is 5.69 Å². The standard InChI is InChI=1S/C21H22Cl2N2O5S/c1-14(20(26)24-19-13-16(22)8-9-18(19)23)30-21(27)15-6-5-7-17(12-15)31(28,29)25-10-3-2-4-11-25/h5-9,12-14H,2-4,10-11H2,1H3,(H,24,26)/t14-/m1/s1. The number of ether oxygens (including phenoxy) is 1. The quantitative estimate of drug-likeness (QED) is 0.615. The lowest BCUT2D eigenvalue weighted by atomic mass is 10.2. The van der Waals surface area contributed by atoms with Crippen molar-refractivity contribution < 1.29 is 22.7 Å². The molecule has 1 N–H and O–H groups in total. The van der Waals surface area contributed by atoms with Crippen LogP contribution in [0.25, 0.3) is 0 Å². The molecule has 166 valence electrons. The first-order chi connectivity index (χ1) is 14.7. The summed E-state index contributed by atoms with van der Waals surface area (Å²) in [5.41, 5.74) is 0.329. The number of hydrogen-bond acceptors (Lipinski definition) is 5. The Labute approximate surface area is 191 Å². The summed E-state index contributed by atoms with van der Waals surface area (Å²) in [5, 5.41) is 3.22. The lowest BCUT2D eigenvalue weighted by Crippen LogP contribution is -2.35. The lowest BCUT2D eigenvalue weighted by molar-refractivity contribution is -0.123. The number of sulfonamides is 1. The molecule has 1 amide bonds. The molecular formula is C21H22Cl2N2O5S. The second kappa shape index (κ2) is 9.99. The zero-order valence-electron chi connectivity index (χ0n) is 16.8. The SMILES string of the molecule is C[C@@H](OC(=O)c1cccc(S(=O)(=O)N2CCCCC2)c1)C(=O)Nc1cc(Cl)ccc1Cl. The minimum Gasteiger partial charge on any atom is -0.449 e. The molecule has 0 saturated carbocycles. The summed E-state index contributed by atoms with van der Waals surface area (Å²) in [6, 6.07) is 10.2. The molecule has 1 atom stereocenters. The van der Waals surface area contributed by atoms with E-state index in [2.05, 4.69) is 5.32 Å². The number of rotatable bonds is 6. The Morgan fingerprint density at radius 3 is 2.48 bits per heavy atom. The lowest BCUT2D eigenvalue weighted by Gasteiger charge is -2.26. The molecule has 0 unspecified atom stereocenters. The van der Waals surface area contributed by atoms with Crippen LogP contribution >= 0.6 is 23.2 Å². The highest BCUT2D eigenvalue weighted by molar-refractivity contribution is 7.89. The molecule has 1 aliphatic heterocycles. The molecule has 1 saturated heterocycles. The number of amides is 1. The molecule has 2 aromatic rings. The Hall–Kier alpha value is -2.13. The highest BCUT2D eigenvalue weighted by Gasteiger charge is 2.27. The third kappa shape index (κ3) is 5.77. The van der Waals surface area contributed by atoms with Crippen molar-refractivity contribution in [3.05, 3.63) is 58.1 Å². The first-order valence-corrected chi connectivity index (χ1v) is 11.9. The first-order valence-electron chi connectivity index (χ1n) is 9.75. The number of halogens is 2. The summed E-state index contributed by atoms with van der Waals surface area (Å²) in [4.78, 5) is 24.9. The Kier molecular flexibility index (Phi) is 7.59. The van der Waals surface area contributed by atoms with Gasteiger partial charge >= 0.3 is 5.97 Å². The Morgan fingerprint density at radius 2 is 1.77 bits per heavy atom. The minimum absolute atomic E-state index is 0.0201. The van der Waals surface area contributed by atoms with Gasteiger partial charge in [-0.3, -0.25) is 4.79 Å². The van der Waals surface area contributed by atoms with Crippen LogP contribution in [0, 0.1) is 0 Å². The van der Waals surface area contributed by atoms with Crippen LogP contribution in [0.5, 0.6) is 0 Å². The number of nitrogens with one attached hydrogen (secondary N) is 1. The number of nitrogens with zero attached hydrogens (tertiary/aromatic N) is 1. The maximum atomic E-state index is 12.8. The van der Waals surface area contributed by atoms with Crippen molar-refractivity contribution in [3.63, 3.8) is 0 Å². The van der Waals surface area contributed by atoms with Crippen molar-refractivity contribution >= 4 is 50.8 Å². The number of hydrogen-bond donors (Lipinski definition) is 1. The van der Waals surface area contributed by atoms with Gasteiger partial charge in [-0.25, -0.2) is 13.2 Å². The van der Waals surface area contributed by atoms with E-state index in [0.29, 0.717) is 18.1 Å². The fourth-order valence-electron chi connectivity index (χ4n) is 3.15. The summed E-state index contributed by atoms with van der Waals surface area (Å²) in [7, 11) is -3.69. The third-order valence-electron chi connectivity index (χ3n) is 4.86. The van der Waals surface area contributed by atoms with Gasteiger partial charge in [-0.2, -0.15) is 4.31 Å². The molecular weight excluding hydrogens is 463 g/mol.